The molecule has 0 unspecified atom stereocenters. The van der Waals surface area contributed by atoms with Crippen LogP contribution < -0.4 is 0 Å². The van der Waals surface area contributed by atoms with Gasteiger partial charge in [-0.25, -0.2) is 4.68 Å². The maximum atomic E-state index is 4.61. The van der Waals surface area contributed by atoms with Crippen LogP contribution in [-0.4, -0.2) is 15.0 Å². The average Bonchev–Trinajstić information content (AvgIpc) is 3.24. The van der Waals surface area contributed by atoms with E-state index in [9.17, 15) is 0 Å². The molecule has 0 bridgehead atoms. The van der Waals surface area contributed by atoms with Crippen molar-refractivity contribution in [3.63, 3.8) is 0 Å². The molecule has 0 amide bonds. The summed E-state index contributed by atoms with van der Waals surface area (Å²) in [6.45, 7) is 0.666. The van der Waals surface area contributed by atoms with Gasteiger partial charge in [0.25, 0.3) is 0 Å². The summed E-state index contributed by atoms with van der Waals surface area (Å²) in [6.07, 6.45) is 0. The molecular formula is C27H21N3. The van der Waals surface area contributed by atoms with Crippen LogP contribution >= 0.6 is 0 Å². The minimum atomic E-state index is 0.666. The second-order valence-corrected chi connectivity index (χ2v) is 7.21. The minimum Gasteiger partial charge on any atom is -0.240 e. The summed E-state index contributed by atoms with van der Waals surface area (Å²) in [5.74, 6) is 0. The van der Waals surface area contributed by atoms with Crippen molar-refractivity contribution in [1.82, 2.24) is 15.0 Å². The number of rotatable bonds is 5. The van der Waals surface area contributed by atoms with Crippen molar-refractivity contribution in [2.24, 2.45) is 0 Å². The van der Waals surface area contributed by atoms with Gasteiger partial charge in [-0.1, -0.05) is 120 Å². The molecular weight excluding hydrogens is 366 g/mol. The molecule has 30 heavy (non-hydrogen) atoms. The van der Waals surface area contributed by atoms with Crippen LogP contribution in [0.2, 0.25) is 0 Å². The normalized spacial score (nSPS) is 10.8. The van der Waals surface area contributed by atoms with Crippen molar-refractivity contribution >= 4 is 0 Å². The van der Waals surface area contributed by atoms with Gasteiger partial charge in [0, 0.05) is 11.1 Å². The zero-order chi connectivity index (χ0) is 20.2. The molecule has 0 N–H and O–H groups in total. The smallest absolute Gasteiger partial charge is 0.121 e. The Morgan fingerprint density at radius 2 is 1.07 bits per heavy atom. The Labute approximate surface area is 176 Å². The van der Waals surface area contributed by atoms with Crippen molar-refractivity contribution in [3.8, 4) is 33.6 Å². The summed E-state index contributed by atoms with van der Waals surface area (Å²) in [5, 5.41) is 9.17. The fourth-order valence-electron chi connectivity index (χ4n) is 3.80. The van der Waals surface area contributed by atoms with Crippen molar-refractivity contribution in [1.29, 1.82) is 0 Å². The molecule has 0 atom stereocenters. The average molecular weight is 387 g/mol. The zero-order valence-corrected chi connectivity index (χ0v) is 16.5. The van der Waals surface area contributed by atoms with Gasteiger partial charge in [0.1, 0.15) is 5.69 Å². The maximum absolute atomic E-state index is 4.61. The lowest BCUT2D eigenvalue weighted by Crippen LogP contribution is -2.05. The van der Waals surface area contributed by atoms with Gasteiger partial charge in [-0.05, 0) is 16.7 Å². The van der Waals surface area contributed by atoms with Crippen LogP contribution in [0, 0.1) is 0 Å². The fourth-order valence-corrected chi connectivity index (χ4v) is 3.80. The maximum Gasteiger partial charge on any atom is 0.121 e. The van der Waals surface area contributed by atoms with Crippen molar-refractivity contribution in [2.75, 3.05) is 0 Å². The second-order valence-electron chi connectivity index (χ2n) is 7.21. The summed E-state index contributed by atoms with van der Waals surface area (Å²) in [4.78, 5) is 0. The summed E-state index contributed by atoms with van der Waals surface area (Å²) in [6, 6.07) is 39.6. The molecule has 0 saturated heterocycles. The molecule has 3 nitrogen and oxygen atoms in total. The third-order valence-corrected chi connectivity index (χ3v) is 5.22. The van der Waals surface area contributed by atoms with Crippen LogP contribution in [0.25, 0.3) is 33.6 Å². The van der Waals surface area contributed by atoms with Crippen LogP contribution in [0.1, 0.15) is 5.56 Å². The van der Waals surface area contributed by atoms with E-state index in [0.29, 0.717) is 6.54 Å². The Hall–Kier alpha value is -3.98. The summed E-state index contributed by atoms with van der Waals surface area (Å²) in [5.41, 5.74) is 7.67. The third kappa shape index (κ3) is 3.53. The van der Waals surface area contributed by atoms with Crippen LogP contribution in [0.5, 0.6) is 0 Å². The number of hydrogen-bond donors (Lipinski definition) is 0. The lowest BCUT2D eigenvalue weighted by Gasteiger charge is -2.13. The number of nitrogens with zero attached hydrogens (tertiary/aromatic N) is 3. The molecule has 1 aromatic heterocycles. The van der Waals surface area contributed by atoms with Gasteiger partial charge < -0.3 is 0 Å². The van der Waals surface area contributed by atoms with Crippen molar-refractivity contribution in [2.45, 2.75) is 6.54 Å². The second kappa shape index (κ2) is 8.18. The molecule has 0 aliphatic carbocycles. The highest BCUT2D eigenvalue weighted by Gasteiger charge is 2.19. The zero-order valence-electron chi connectivity index (χ0n) is 16.5. The Morgan fingerprint density at radius 1 is 0.533 bits per heavy atom. The Morgan fingerprint density at radius 3 is 1.73 bits per heavy atom. The largest absolute Gasteiger partial charge is 0.240 e. The first-order valence-electron chi connectivity index (χ1n) is 10.1. The molecule has 0 aliphatic rings. The highest BCUT2D eigenvalue weighted by molar-refractivity contribution is 5.88. The monoisotopic (exact) mass is 387 g/mol. The van der Waals surface area contributed by atoms with E-state index in [1.165, 1.54) is 16.7 Å². The third-order valence-electron chi connectivity index (χ3n) is 5.22. The van der Waals surface area contributed by atoms with E-state index in [1.807, 2.05) is 35.0 Å². The molecule has 1 heterocycles. The standard InChI is InChI=1S/C27H21N3/c1-4-12-21(13-5-1)20-30-27(26(28-29-30)23-16-8-3-9-17-23)25-19-11-10-18-24(25)22-14-6-2-7-15-22/h1-19H,20H2. The van der Waals surface area contributed by atoms with E-state index >= 15 is 0 Å². The minimum absolute atomic E-state index is 0.666. The van der Waals surface area contributed by atoms with E-state index in [2.05, 4.69) is 95.2 Å². The van der Waals surface area contributed by atoms with Crippen LogP contribution in [0.4, 0.5) is 0 Å². The molecule has 5 aromatic rings. The van der Waals surface area contributed by atoms with Crippen molar-refractivity contribution < 1.29 is 0 Å². The van der Waals surface area contributed by atoms with Gasteiger partial charge in [-0.2, -0.15) is 0 Å². The quantitative estimate of drug-likeness (QED) is 0.353. The van der Waals surface area contributed by atoms with Gasteiger partial charge in [-0.15, -0.1) is 5.10 Å². The van der Waals surface area contributed by atoms with Gasteiger partial charge in [0.2, 0.25) is 0 Å². The molecule has 0 saturated carbocycles. The predicted octanol–water partition coefficient (Wildman–Crippen LogP) is 6.33. The molecule has 0 aliphatic heterocycles. The number of benzene rings is 4. The first-order chi connectivity index (χ1) is 14.9. The Balaban J connectivity index is 1.72. The molecule has 0 spiro atoms. The molecule has 0 fully saturated rings. The van der Waals surface area contributed by atoms with E-state index < -0.39 is 0 Å². The van der Waals surface area contributed by atoms with Gasteiger partial charge in [0.15, 0.2) is 0 Å². The van der Waals surface area contributed by atoms with E-state index in [-0.39, 0.29) is 0 Å². The SMILES string of the molecule is c1ccc(Cn2nnc(-c3ccccc3)c2-c2ccccc2-c2ccccc2)cc1. The van der Waals surface area contributed by atoms with Gasteiger partial charge >= 0.3 is 0 Å². The van der Waals surface area contributed by atoms with Crippen LogP contribution in [0.3, 0.4) is 0 Å². The fraction of sp³-hybridized carbons (Fsp3) is 0.0370. The van der Waals surface area contributed by atoms with Crippen LogP contribution in [-0.2, 0) is 6.54 Å². The van der Waals surface area contributed by atoms with E-state index in [1.54, 1.807) is 0 Å². The lowest BCUT2D eigenvalue weighted by molar-refractivity contribution is 0.656. The van der Waals surface area contributed by atoms with E-state index in [0.717, 1.165) is 22.5 Å². The topological polar surface area (TPSA) is 30.7 Å². The summed E-state index contributed by atoms with van der Waals surface area (Å²) < 4.78 is 2.01. The molecule has 144 valence electrons. The highest BCUT2D eigenvalue weighted by atomic mass is 15.4. The van der Waals surface area contributed by atoms with E-state index in [4.69, 9.17) is 0 Å². The summed E-state index contributed by atoms with van der Waals surface area (Å²) >= 11 is 0. The Bertz CT molecular complexity index is 1240. The molecule has 4 aromatic carbocycles. The summed E-state index contributed by atoms with van der Waals surface area (Å²) in [7, 11) is 0. The highest BCUT2D eigenvalue weighted by Crippen LogP contribution is 2.37. The Kier molecular flexibility index (Phi) is 4.93. The molecule has 0 radical (unpaired) electrons. The first kappa shape index (κ1) is 18.1. The van der Waals surface area contributed by atoms with Crippen molar-refractivity contribution in [3.05, 3.63) is 121 Å². The first-order valence-corrected chi connectivity index (χ1v) is 10.1. The van der Waals surface area contributed by atoms with Gasteiger partial charge in [0.05, 0.1) is 12.2 Å². The predicted molar refractivity (Wildman–Crippen MR) is 122 cm³/mol. The van der Waals surface area contributed by atoms with Gasteiger partial charge in [-0.3, -0.25) is 0 Å². The number of aromatic nitrogens is 3. The van der Waals surface area contributed by atoms with Crippen LogP contribution in [0.15, 0.2) is 115 Å². The number of hydrogen-bond acceptors (Lipinski definition) is 2. The molecule has 3 heteroatoms. The lowest BCUT2D eigenvalue weighted by atomic mass is 9.95. The molecule has 5 rings (SSSR count).